The van der Waals surface area contributed by atoms with E-state index < -0.39 is 44.5 Å². The standard InChI is InChI=1S/C42H51O10P/c1-3-5-27-48-53(44,49-28-6-4-2)52-42-40(51-41(43)36-25-17-10-18-26-36)39(47-31-35-23-15-9-16-24-35)38(46-30-34-21-13-8-14-22-34)37(50-42)32-45-29-33-19-11-7-12-20-33/h7-26,37-40,42H,3-6,27-32H2,1-2H3/t37-,38+,39+,40-,42+/m1/s1. The third kappa shape index (κ3) is 13.0. The molecule has 0 saturated carbocycles. The van der Waals surface area contributed by atoms with Crippen molar-refractivity contribution in [2.24, 2.45) is 0 Å². The van der Waals surface area contributed by atoms with Crippen LogP contribution in [0.25, 0.3) is 0 Å². The zero-order valence-corrected chi connectivity index (χ0v) is 31.4. The quantitative estimate of drug-likeness (QED) is 0.0439. The summed E-state index contributed by atoms with van der Waals surface area (Å²) in [6.45, 7) is 5.00. The minimum atomic E-state index is -4.24. The van der Waals surface area contributed by atoms with E-state index in [1.165, 1.54) is 0 Å². The van der Waals surface area contributed by atoms with Gasteiger partial charge in [-0.25, -0.2) is 9.36 Å². The van der Waals surface area contributed by atoms with E-state index in [0.29, 0.717) is 25.0 Å². The highest BCUT2D eigenvalue weighted by Crippen LogP contribution is 2.53. The molecule has 0 aliphatic carbocycles. The third-order valence-electron chi connectivity index (χ3n) is 8.54. The lowest BCUT2D eigenvalue weighted by atomic mass is 9.98. The van der Waals surface area contributed by atoms with Gasteiger partial charge in [0.25, 0.3) is 0 Å². The van der Waals surface area contributed by atoms with E-state index in [1.807, 2.05) is 111 Å². The monoisotopic (exact) mass is 746 g/mol. The summed E-state index contributed by atoms with van der Waals surface area (Å²) < 4.78 is 64.5. The van der Waals surface area contributed by atoms with Crippen LogP contribution in [0.4, 0.5) is 0 Å². The van der Waals surface area contributed by atoms with Crippen LogP contribution in [0.2, 0.25) is 0 Å². The number of hydrogen-bond acceptors (Lipinski definition) is 10. The Labute approximate surface area is 313 Å². The maximum atomic E-state index is 14.3. The molecule has 0 spiro atoms. The molecule has 5 rings (SSSR count). The normalized spacial score (nSPS) is 20.2. The van der Waals surface area contributed by atoms with Crippen LogP contribution in [-0.4, -0.2) is 56.5 Å². The van der Waals surface area contributed by atoms with Crippen molar-refractivity contribution in [1.82, 2.24) is 0 Å². The number of hydrogen-bond donors (Lipinski definition) is 0. The van der Waals surface area contributed by atoms with E-state index in [2.05, 4.69) is 0 Å². The number of esters is 1. The van der Waals surface area contributed by atoms with Gasteiger partial charge < -0.3 is 23.7 Å². The molecule has 1 saturated heterocycles. The summed E-state index contributed by atoms with van der Waals surface area (Å²) in [5, 5.41) is 0. The van der Waals surface area contributed by atoms with Gasteiger partial charge in [0.2, 0.25) is 6.29 Å². The summed E-state index contributed by atoms with van der Waals surface area (Å²) in [6, 6.07) is 37.7. The number of rotatable bonds is 22. The van der Waals surface area contributed by atoms with Crippen LogP contribution in [-0.2, 0) is 61.6 Å². The molecule has 4 aromatic rings. The Hall–Kier alpha value is -3.70. The average molecular weight is 747 g/mol. The van der Waals surface area contributed by atoms with E-state index in [9.17, 15) is 9.36 Å². The minimum Gasteiger partial charge on any atom is -0.450 e. The number of unbranched alkanes of at least 4 members (excludes halogenated alkanes) is 2. The fraction of sp³-hybridized carbons (Fsp3) is 0.405. The predicted octanol–water partition coefficient (Wildman–Crippen LogP) is 9.08. The average Bonchev–Trinajstić information content (AvgIpc) is 3.19. The Bertz CT molecular complexity index is 1630. The highest BCUT2D eigenvalue weighted by Gasteiger charge is 2.53. The number of carbonyl (C=O) groups excluding carboxylic acids is 1. The van der Waals surface area contributed by atoms with E-state index in [0.717, 1.165) is 29.5 Å². The number of phosphoric ester groups is 1. The highest BCUT2D eigenvalue weighted by atomic mass is 31.2. The zero-order valence-electron chi connectivity index (χ0n) is 30.5. The fourth-order valence-electron chi connectivity index (χ4n) is 5.65. The molecule has 4 aromatic carbocycles. The SMILES string of the molecule is CCCCOP(=O)(OCCCC)O[C@@H]1O[C@H](COCc2ccccc2)[C@H](OCc2ccccc2)[C@H](OCc2ccccc2)[C@H]1OC(=O)c1ccccc1. The van der Waals surface area contributed by atoms with Crippen LogP contribution in [0.15, 0.2) is 121 Å². The number of carbonyl (C=O) groups is 1. The van der Waals surface area contributed by atoms with E-state index >= 15 is 0 Å². The molecule has 0 radical (unpaired) electrons. The number of ether oxygens (including phenoxy) is 5. The van der Waals surface area contributed by atoms with Crippen molar-refractivity contribution in [1.29, 1.82) is 0 Å². The molecule has 284 valence electrons. The second-order valence-corrected chi connectivity index (χ2v) is 14.3. The van der Waals surface area contributed by atoms with E-state index in [-0.39, 0.29) is 33.0 Å². The van der Waals surface area contributed by atoms with Crippen LogP contribution >= 0.6 is 7.82 Å². The Kier molecular flexibility index (Phi) is 16.7. The summed E-state index contributed by atoms with van der Waals surface area (Å²) in [7, 11) is -4.24. The van der Waals surface area contributed by atoms with Crippen LogP contribution in [0.1, 0.15) is 66.6 Å². The van der Waals surface area contributed by atoms with Gasteiger partial charge >= 0.3 is 13.8 Å². The maximum Gasteiger partial charge on any atom is 0.477 e. The Morgan fingerprint density at radius 2 is 1.09 bits per heavy atom. The summed E-state index contributed by atoms with van der Waals surface area (Å²) in [6.07, 6.45) is -2.45. The predicted molar refractivity (Wildman–Crippen MR) is 201 cm³/mol. The molecular formula is C42H51O10P. The second kappa shape index (κ2) is 21.9. The van der Waals surface area contributed by atoms with Gasteiger partial charge in [-0.1, -0.05) is 136 Å². The lowest BCUT2D eigenvalue weighted by Crippen LogP contribution is -2.62. The van der Waals surface area contributed by atoms with Gasteiger partial charge in [0.05, 0.1) is 45.2 Å². The van der Waals surface area contributed by atoms with Crippen molar-refractivity contribution >= 4 is 13.8 Å². The molecule has 0 bridgehead atoms. The fourth-order valence-corrected chi connectivity index (χ4v) is 6.97. The van der Waals surface area contributed by atoms with Gasteiger partial charge in [-0.05, 0) is 41.7 Å². The van der Waals surface area contributed by atoms with Crippen molar-refractivity contribution in [3.63, 3.8) is 0 Å². The summed E-state index contributed by atoms with van der Waals surface area (Å²) in [5.74, 6) is -0.643. The molecule has 0 N–H and O–H groups in total. The summed E-state index contributed by atoms with van der Waals surface area (Å²) in [5.41, 5.74) is 3.10. The molecular weight excluding hydrogens is 695 g/mol. The van der Waals surface area contributed by atoms with Crippen molar-refractivity contribution in [3.8, 4) is 0 Å². The largest absolute Gasteiger partial charge is 0.477 e. The first-order valence-corrected chi connectivity index (χ1v) is 19.9. The molecule has 1 aliphatic rings. The molecule has 53 heavy (non-hydrogen) atoms. The Balaban J connectivity index is 1.52. The van der Waals surface area contributed by atoms with Crippen LogP contribution in [0.5, 0.6) is 0 Å². The lowest BCUT2D eigenvalue weighted by molar-refractivity contribution is -0.302. The number of phosphoric acid groups is 1. The first-order chi connectivity index (χ1) is 26.0. The van der Waals surface area contributed by atoms with Gasteiger partial charge in [0.15, 0.2) is 6.10 Å². The van der Waals surface area contributed by atoms with Crippen molar-refractivity contribution in [2.75, 3.05) is 19.8 Å². The highest BCUT2D eigenvalue weighted by molar-refractivity contribution is 7.48. The molecule has 1 heterocycles. The topological polar surface area (TPSA) is 108 Å². The minimum absolute atomic E-state index is 0.0520. The van der Waals surface area contributed by atoms with E-state index in [4.69, 9.17) is 37.3 Å². The molecule has 10 nitrogen and oxygen atoms in total. The van der Waals surface area contributed by atoms with Gasteiger partial charge in [-0.2, -0.15) is 0 Å². The summed E-state index contributed by atoms with van der Waals surface area (Å²) >= 11 is 0. The Morgan fingerprint density at radius 3 is 1.60 bits per heavy atom. The molecule has 1 aliphatic heterocycles. The van der Waals surface area contributed by atoms with Gasteiger partial charge in [0.1, 0.15) is 18.3 Å². The molecule has 0 aromatic heterocycles. The van der Waals surface area contributed by atoms with Gasteiger partial charge in [-0.15, -0.1) is 0 Å². The first-order valence-electron chi connectivity index (χ1n) is 18.4. The molecule has 0 amide bonds. The third-order valence-corrected chi connectivity index (χ3v) is 10.00. The van der Waals surface area contributed by atoms with Crippen molar-refractivity contribution in [3.05, 3.63) is 144 Å². The molecule has 11 heteroatoms. The molecule has 0 unspecified atom stereocenters. The number of benzene rings is 4. The lowest BCUT2D eigenvalue weighted by Gasteiger charge is -2.45. The first kappa shape index (κ1) is 40.5. The van der Waals surface area contributed by atoms with Crippen molar-refractivity contribution < 1.29 is 46.6 Å². The second-order valence-electron chi connectivity index (χ2n) is 12.7. The van der Waals surface area contributed by atoms with Gasteiger partial charge in [-0.3, -0.25) is 13.6 Å². The molecule has 5 atom stereocenters. The van der Waals surface area contributed by atoms with Crippen molar-refractivity contribution in [2.45, 2.75) is 90.1 Å². The smallest absolute Gasteiger partial charge is 0.450 e. The van der Waals surface area contributed by atoms with Crippen LogP contribution in [0, 0.1) is 0 Å². The molecule has 1 fully saturated rings. The van der Waals surface area contributed by atoms with E-state index in [1.54, 1.807) is 24.3 Å². The van der Waals surface area contributed by atoms with Crippen LogP contribution in [0.3, 0.4) is 0 Å². The Morgan fingerprint density at radius 1 is 0.623 bits per heavy atom. The zero-order chi connectivity index (χ0) is 37.1. The summed E-state index contributed by atoms with van der Waals surface area (Å²) in [4.78, 5) is 13.8. The van der Waals surface area contributed by atoms with Crippen LogP contribution < -0.4 is 0 Å². The van der Waals surface area contributed by atoms with Gasteiger partial charge in [0, 0.05) is 0 Å². The maximum absolute atomic E-state index is 14.3.